The Hall–Kier alpha value is -3.84. The second-order valence-corrected chi connectivity index (χ2v) is 13.4. The predicted molar refractivity (Wildman–Crippen MR) is 195 cm³/mol. The lowest BCUT2D eigenvalue weighted by molar-refractivity contribution is -0.127. The number of rotatable bonds is 18. The molecule has 4 rings (SSSR count). The number of nitrogens with zero attached hydrogens (tertiary/aromatic N) is 4. The van der Waals surface area contributed by atoms with Crippen LogP contribution in [0.2, 0.25) is 0 Å². The normalized spacial score (nSPS) is 12.8. The minimum absolute atomic E-state index is 0.133. The number of hydrogen-bond donors (Lipinski definition) is 2. The van der Waals surface area contributed by atoms with Crippen LogP contribution in [-0.2, 0) is 11.3 Å². The number of allylic oxidation sites excluding steroid dienone is 1. The molecule has 0 bridgehead atoms. The molecular weight excluding hydrogens is 568 g/mol. The van der Waals surface area contributed by atoms with Gasteiger partial charge in [-0.3, -0.25) is 4.79 Å². The number of nitrogens with one attached hydrogen (secondary N) is 2. The predicted octanol–water partition coefficient (Wildman–Crippen LogP) is 7.30. The molecule has 1 amide bonds. The minimum atomic E-state index is 0.133. The third-order valence-electron chi connectivity index (χ3n) is 8.63. The van der Waals surface area contributed by atoms with E-state index >= 15 is 0 Å². The Balaban J connectivity index is 1.60. The molecular formula is C39H56N6O. The van der Waals surface area contributed by atoms with Crippen molar-refractivity contribution in [1.29, 1.82) is 0 Å². The third kappa shape index (κ3) is 10.6. The van der Waals surface area contributed by atoms with E-state index in [1.807, 2.05) is 18.2 Å². The van der Waals surface area contributed by atoms with E-state index in [9.17, 15) is 4.79 Å². The summed E-state index contributed by atoms with van der Waals surface area (Å²) in [5, 5.41) is 9.01. The van der Waals surface area contributed by atoms with E-state index in [1.165, 1.54) is 6.42 Å². The number of carbonyl (C=O) groups excluding carboxylic acids is 1. The maximum atomic E-state index is 14.0. The van der Waals surface area contributed by atoms with Gasteiger partial charge in [0, 0.05) is 42.3 Å². The van der Waals surface area contributed by atoms with Crippen LogP contribution in [0.1, 0.15) is 73.1 Å². The topological polar surface area (TPSA) is 65.4 Å². The molecule has 0 fully saturated rings. The smallest absolute Gasteiger partial charge is 0.253 e. The molecule has 0 spiro atoms. The van der Waals surface area contributed by atoms with Gasteiger partial charge in [-0.1, -0.05) is 71.4 Å². The van der Waals surface area contributed by atoms with Gasteiger partial charge in [-0.05, 0) is 107 Å². The first-order valence-electron chi connectivity index (χ1n) is 17.4. The van der Waals surface area contributed by atoms with Gasteiger partial charge in [0.25, 0.3) is 5.91 Å². The molecule has 0 saturated heterocycles. The highest BCUT2D eigenvalue weighted by atomic mass is 16.2. The molecule has 2 aromatic carbocycles. The van der Waals surface area contributed by atoms with E-state index in [2.05, 4.69) is 121 Å². The molecule has 1 aromatic heterocycles. The molecule has 0 radical (unpaired) electrons. The van der Waals surface area contributed by atoms with Crippen LogP contribution in [0.25, 0.3) is 12.2 Å². The largest absolute Gasteiger partial charge is 0.356 e. The zero-order chi connectivity index (χ0) is 32.9. The molecule has 3 aromatic rings. The highest BCUT2D eigenvalue weighted by Crippen LogP contribution is 2.21. The quantitative estimate of drug-likeness (QED) is 0.145. The van der Waals surface area contributed by atoms with Crippen molar-refractivity contribution in [3.05, 3.63) is 76.9 Å². The van der Waals surface area contributed by atoms with Crippen LogP contribution in [0, 0.1) is 11.8 Å². The summed E-state index contributed by atoms with van der Waals surface area (Å²) >= 11 is 0. The van der Waals surface area contributed by atoms with E-state index < -0.39 is 0 Å². The van der Waals surface area contributed by atoms with Crippen LogP contribution in [0.3, 0.4) is 0 Å². The standard InChI is InChI=1S/C39H56N6O/c1-7-43(6)25-12-9-13-26-45-37-29-32(38(46)44(27-23-30(2)3)28-24-31(4)5)15-14-18-36(37)42-39(45)41-35-21-19-34(20-22-35)40-33-16-10-8-11-17-33/h8,10-11,15-22,29-31,40H,7,9,12-14,23-28H2,1-6H3,(H,41,42). The number of anilines is 4. The number of benzene rings is 2. The molecule has 1 aliphatic carbocycles. The third-order valence-corrected chi connectivity index (χ3v) is 8.63. The van der Waals surface area contributed by atoms with Gasteiger partial charge in [-0.25, -0.2) is 4.98 Å². The van der Waals surface area contributed by atoms with E-state index in [-0.39, 0.29) is 5.91 Å². The molecule has 0 saturated carbocycles. The van der Waals surface area contributed by atoms with Gasteiger partial charge in [-0.2, -0.15) is 0 Å². The van der Waals surface area contributed by atoms with E-state index in [4.69, 9.17) is 4.98 Å². The number of carbonyl (C=O) groups is 1. The lowest BCUT2D eigenvalue weighted by atomic mass is 10.1. The van der Waals surface area contributed by atoms with Gasteiger partial charge in [-0.15, -0.1) is 0 Å². The zero-order valence-corrected chi connectivity index (χ0v) is 29.1. The summed E-state index contributed by atoms with van der Waals surface area (Å²) in [6.07, 6.45) is 12.4. The fourth-order valence-corrected chi connectivity index (χ4v) is 5.53. The van der Waals surface area contributed by atoms with Crippen molar-refractivity contribution in [2.45, 2.75) is 79.7 Å². The number of amides is 1. The molecule has 2 N–H and O–H groups in total. The van der Waals surface area contributed by atoms with Gasteiger partial charge in [0.05, 0.1) is 10.7 Å². The maximum Gasteiger partial charge on any atom is 0.253 e. The van der Waals surface area contributed by atoms with Crippen molar-refractivity contribution in [2.75, 3.05) is 43.9 Å². The molecule has 7 nitrogen and oxygen atoms in total. The summed E-state index contributed by atoms with van der Waals surface area (Å²) in [5.74, 6) is 2.06. The van der Waals surface area contributed by atoms with Gasteiger partial charge < -0.3 is 25.0 Å². The SMILES string of the molecule is CCN(C)CCCCCn1c(Nc2ccc(Nc3ccccc3)cc2)nc2c1=CC(C(=O)N(CCC(C)C)CCC(C)C)=CCC=2. The molecule has 248 valence electrons. The summed E-state index contributed by atoms with van der Waals surface area (Å²) in [4.78, 5) is 23.5. The lowest BCUT2D eigenvalue weighted by Crippen LogP contribution is -2.36. The van der Waals surface area contributed by atoms with E-state index in [1.54, 1.807) is 0 Å². The summed E-state index contributed by atoms with van der Waals surface area (Å²) in [5.41, 5.74) is 3.84. The van der Waals surface area contributed by atoms with E-state index in [0.29, 0.717) is 18.3 Å². The fourth-order valence-electron chi connectivity index (χ4n) is 5.53. The summed E-state index contributed by atoms with van der Waals surface area (Å²) in [6.45, 7) is 15.7. The van der Waals surface area contributed by atoms with Gasteiger partial charge in [0.15, 0.2) is 0 Å². The van der Waals surface area contributed by atoms with Crippen LogP contribution in [0.5, 0.6) is 0 Å². The molecule has 0 aliphatic heterocycles. The van der Waals surface area contributed by atoms with Crippen molar-refractivity contribution >= 4 is 41.1 Å². The van der Waals surface area contributed by atoms with Gasteiger partial charge >= 0.3 is 0 Å². The number of imidazole rings is 1. The molecule has 0 unspecified atom stereocenters. The average molecular weight is 625 g/mol. The Kier molecular flexibility index (Phi) is 13.5. The lowest BCUT2D eigenvalue weighted by Gasteiger charge is -2.25. The number of unbranched alkanes of at least 4 members (excludes halogenated alkanes) is 2. The van der Waals surface area contributed by atoms with Crippen LogP contribution in [-0.4, -0.2) is 58.5 Å². The maximum absolute atomic E-state index is 14.0. The highest BCUT2D eigenvalue weighted by molar-refractivity contribution is 6.01. The summed E-state index contributed by atoms with van der Waals surface area (Å²) in [7, 11) is 2.18. The van der Waals surface area contributed by atoms with E-state index in [0.717, 1.165) is 97.7 Å². The molecule has 0 atom stereocenters. The Labute approximate surface area is 277 Å². The first-order valence-corrected chi connectivity index (χ1v) is 17.4. The number of hydrogen-bond acceptors (Lipinski definition) is 5. The van der Waals surface area contributed by atoms with Gasteiger partial charge in [0.2, 0.25) is 5.95 Å². The Morgan fingerprint density at radius 2 is 1.46 bits per heavy atom. The Morgan fingerprint density at radius 3 is 2.09 bits per heavy atom. The number of para-hydroxylation sites is 1. The first-order chi connectivity index (χ1) is 22.2. The summed E-state index contributed by atoms with van der Waals surface area (Å²) in [6, 6.07) is 18.5. The van der Waals surface area contributed by atoms with Crippen LogP contribution >= 0.6 is 0 Å². The van der Waals surface area contributed by atoms with Crippen LogP contribution < -0.4 is 21.3 Å². The van der Waals surface area contributed by atoms with Crippen LogP contribution in [0.15, 0.2) is 66.2 Å². The number of fused-ring (bicyclic) bond motifs is 1. The Bertz CT molecular complexity index is 1510. The van der Waals surface area contributed by atoms with Crippen LogP contribution in [0.4, 0.5) is 23.0 Å². The molecule has 46 heavy (non-hydrogen) atoms. The molecule has 1 aliphatic rings. The van der Waals surface area contributed by atoms with Crippen molar-refractivity contribution in [2.24, 2.45) is 11.8 Å². The average Bonchev–Trinajstić information content (AvgIpc) is 3.21. The van der Waals surface area contributed by atoms with Crippen molar-refractivity contribution in [1.82, 2.24) is 19.4 Å². The van der Waals surface area contributed by atoms with Crippen molar-refractivity contribution < 1.29 is 4.79 Å². The molecule has 1 heterocycles. The fraction of sp³-hybridized carbons (Fsp3) is 0.487. The second-order valence-electron chi connectivity index (χ2n) is 13.4. The van der Waals surface area contributed by atoms with Gasteiger partial charge in [0.1, 0.15) is 0 Å². The number of aromatic nitrogens is 2. The highest BCUT2D eigenvalue weighted by Gasteiger charge is 2.20. The van der Waals surface area contributed by atoms with Crippen molar-refractivity contribution in [3.63, 3.8) is 0 Å². The zero-order valence-electron chi connectivity index (χ0n) is 29.1. The van der Waals surface area contributed by atoms with Crippen molar-refractivity contribution in [3.8, 4) is 0 Å². The first kappa shape index (κ1) is 35.0. The minimum Gasteiger partial charge on any atom is -0.356 e. The second kappa shape index (κ2) is 17.7. The monoisotopic (exact) mass is 624 g/mol. The molecule has 7 heteroatoms. The summed E-state index contributed by atoms with van der Waals surface area (Å²) < 4.78 is 2.28. The Morgan fingerprint density at radius 1 is 0.826 bits per heavy atom.